The standard InChI is InChI=1S/C19H20N2O4.C13H11BrN2O3.C9H15NO3.S28.S23/c1-2-10-25-11-4-6-13-5-3-7-14-15(13)12-21(19(14)24)16-8-9-17(22)20-18(16)23;14-9-3-1-2-7-8(9)6-16(13(7)19)10-4-5-11(17)15-12(10)18;1-5-6-12-7-10-8(11)13-9(2,3)4;1-3-5-7-9-11-13-15-17-19-21-23-25-27-28-26-24-22-20-18-16-14-12-10-8-6-4-2;1-3-5-7-9-11-13-15-17-19-21-23-22-20-18-16-14-12-10-8-6-4-2/h3,5,7,16H,2,8-12H2,1H3,(H,20,22,23);1-3,10H,4-6H2,(H,15,17,18);1H,6-7H2,2-4H3,(H,10,11);;. The van der Waals surface area contributed by atoms with Crippen molar-refractivity contribution in [2.45, 2.75) is 90.6 Å². The van der Waals surface area contributed by atoms with E-state index in [-0.39, 0.29) is 55.7 Å². The van der Waals surface area contributed by atoms with Gasteiger partial charge in [-0.05, 0) is 75.4 Å². The molecule has 108 heavy (non-hydrogen) atoms. The van der Waals surface area contributed by atoms with Gasteiger partial charge in [-0.1, -0.05) is 52.7 Å². The number of rotatable bonds is 8. The van der Waals surface area contributed by atoms with Crippen molar-refractivity contribution in [1.29, 1.82) is 0 Å². The van der Waals surface area contributed by atoms with Gasteiger partial charge in [-0.25, -0.2) is 4.79 Å². The Bertz CT molecular complexity index is 5950. The maximum atomic E-state index is 12.7. The first-order valence-electron chi connectivity index (χ1n) is 26.5. The molecule has 0 bridgehead atoms. The van der Waals surface area contributed by atoms with Gasteiger partial charge in [0, 0.05) is 516 Å². The lowest BCUT2D eigenvalue weighted by Gasteiger charge is -2.29. The van der Waals surface area contributed by atoms with E-state index in [1.165, 1.54) is 45.3 Å². The summed E-state index contributed by atoms with van der Waals surface area (Å²) < 4.78 is 16.0. The van der Waals surface area contributed by atoms with Crippen LogP contribution in [0.4, 0.5) is 4.79 Å². The summed E-state index contributed by atoms with van der Waals surface area (Å²) in [4.78, 5) is 85.4. The first-order chi connectivity index (χ1) is 52.5. The number of ether oxygens (including phenoxy) is 3. The molecule has 6 rings (SSSR count). The molecule has 608 valence electrons. The van der Waals surface area contributed by atoms with Crippen LogP contribution in [-0.2, 0) is 509 Å². The molecule has 4 aliphatic rings. The number of carbonyl (C=O) groups is 7. The molecule has 0 saturated carbocycles. The lowest BCUT2D eigenvalue weighted by molar-refractivity contribution is -0.138. The van der Waals surface area contributed by atoms with E-state index in [1.54, 1.807) is 311 Å². The summed E-state index contributed by atoms with van der Waals surface area (Å²) in [6.45, 7) is 9.40. The minimum Gasteiger partial charge on any atom is -0.444 e. The van der Waals surface area contributed by atoms with Crippen LogP contribution in [0.1, 0.15) is 97.2 Å². The van der Waals surface area contributed by atoms with Crippen molar-refractivity contribution < 1.29 is 47.8 Å². The number of hydrogen-bond donors (Lipinski definition) is 3. The van der Waals surface area contributed by atoms with Gasteiger partial charge in [-0.2, -0.15) is 0 Å². The van der Waals surface area contributed by atoms with E-state index in [4.69, 9.17) is 65.4 Å². The molecule has 67 heteroatoms. The monoisotopic (exact) mass is 2480 g/mol. The van der Waals surface area contributed by atoms with Crippen LogP contribution >= 0.6 is 15.9 Å². The average Bonchev–Trinajstić information content (AvgIpc) is 1.45. The quantitative estimate of drug-likeness (QED) is 0.151. The van der Waals surface area contributed by atoms with E-state index < -0.39 is 29.7 Å². The van der Waals surface area contributed by atoms with E-state index in [1.807, 2.05) is 135 Å². The summed E-state index contributed by atoms with van der Waals surface area (Å²) >= 11 is 22.5. The van der Waals surface area contributed by atoms with Crippen molar-refractivity contribution in [3.05, 3.63) is 68.7 Å². The molecule has 2 unspecified atom stereocenters. The second kappa shape index (κ2) is 76.3. The number of hydrogen-bond acceptors (Lipinski definition) is 14. The van der Waals surface area contributed by atoms with Gasteiger partial charge in [-0.3, -0.25) is 44.7 Å². The largest absolute Gasteiger partial charge is 0.444 e. The molecule has 0 spiro atoms. The number of terminal acetylenes is 1. The van der Waals surface area contributed by atoms with Crippen LogP contribution in [0.15, 0.2) is 40.9 Å². The molecule has 2 aromatic carbocycles. The van der Waals surface area contributed by atoms with E-state index in [0.29, 0.717) is 50.3 Å². The number of carbonyl (C=O) groups excluding carboxylic acids is 7. The van der Waals surface area contributed by atoms with Crippen LogP contribution in [-0.4, -0.2) is 95.6 Å². The zero-order valence-electron chi connectivity index (χ0n) is 53.1. The Morgan fingerprint density at radius 1 is 0.500 bits per heavy atom. The van der Waals surface area contributed by atoms with Gasteiger partial charge in [-0.15, -0.1) is 6.42 Å². The zero-order chi connectivity index (χ0) is 78.9. The predicted molar refractivity (Wildman–Crippen MR) is 585 cm³/mol. The van der Waals surface area contributed by atoms with Crippen molar-refractivity contribution in [3.63, 3.8) is 0 Å². The summed E-state index contributed by atoms with van der Waals surface area (Å²) in [7, 11) is 81.7. The highest BCUT2D eigenvalue weighted by Crippen LogP contribution is 2.32. The molecule has 7 amide bonds. The summed E-state index contributed by atoms with van der Waals surface area (Å²) in [5.41, 5.74) is 3.22. The third-order valence-electron chi connectivity index (χ3n) is 10.0. The number of benzene rings is 2. The first kappa shape index (κ1) is 110. The lowest BCUT2D eigenvalue weighted by Crippen LogP contribution is -2.52. The molecule has 0 aliphatic carbocycles. The Morgan fingerprint density at radius 2 is 0.824 bits per heavy atom. The fourth-order valence-corrected chi connectivity index (χ4v) is 125. The number of nitrogens with one attached hydrogen (secondary N) is 3. The molecular formula is C41H46BrN5O10S51. The topological polar surface area (TPSA) is 190 Å². The van der Waals surface area contributed by atoms with Crippen molar-refractivity contribution in [1.82, 2.24) is 25.8 Å². The van der Waals surface area contributed by atoms with Crippen LogP contribution in [0.2, 0.25) is 0 Å². The summed E-state index contributed by atoms with van der Waals surface area (Å²) in [6, 6.07) is 9.69. The molecule has 3 N–H and O–H groups in total. The number of halogens is 1. The highest BCUT2D eigenvalue weighted by molar-refractivity contribution is 9.10. The van der Waals surface area contributed by atoms with Crippen molar-refractivity contribution in [2.24, 2.45) is 0 Å². The number of amides is 7. The SMILES string of the molecule is C#CCOCNC(=O)OC(C)(C)C.CCCOCC#Cc1cccc2c1CN(C1CCC(=O)NC1=O)C2=O.O=C1CCC(N2Cc3c(Br)cccc3C2=O)C(=O)N1.S=S=S=S=S=S=S=S=S=S=S=S=S=S=S=S=S=S=S=S=S=S=S.S=S=S=S=S=S=S=S=S=S=S=S=S=S=S=S=S=S=S=S=S=S=S=S=S=S=S=S. The summed E-state index contributed by atoms with van der Waals surface area (Å²) in [5.74, 6) is 6.62. The van der Waals surface area contributed by atoms with Gasteiger partial charge >= 0.3 is 6.09 Å². The van der Waals surface area contributed by atoms with Crippen LogP contribution in [0.5, 0.6) is 0 Å². The number of alkyl carbamates (subject to hydrolysis) is 1. The first-order valence-corrected chi connectivity index (χ1v) is 92.7. The second-order valence-corrected chi connectivity index (χ2v) is 101. The van der Waals surface area contributed by atoms with Crippen LogP contribution in [0.25, 0.3) is 0 Å². The Balaban J connectivity index is 0.000000466. The molecule has 2 saturated heterocycles. The molecule has 2 aromatic rings. The molecule has 2 atom stereocenters. The average molecular weight is 2480 g/mol. The van der Waals surface area contributed by atoms with E-state index in [0.717, 1.165) is 27.6 Å². The highest BCUT2D eigenvalue weighted by Gasteiger charge is 2.41. The van der Waals surface area contributed by atoms with Gasteiger partial charge in [0.1, 0.15) is 37.6 Å². The summed E-state index contributed by atoms with van der Waals surface area (Å²) in [5, 5.41) is 6.99. The highest BCUT2D eigenvalue weighted by atomic mass is 79.9. The van der Waals surface area contributed by atoms with Crippen LogP contribution in [0, 0.1) is 24.2 Å². The van der Waals surface area contributed by atoms with Gasteiger partial charge in [0.25, 0.3) is 11.8 Å². The van der Waals surface area contributed by atoms with Crippen LogP contribution in [0.3, 0.4) is 0 Å². The number of nitrogens with zero attached hydrogens (tertiary/aromatic N) is 2. The minimum atomic E-state index is -0.605. The fourth-order valence-electron chi connectivity index (χ4n) is 6.67. The molecule has 4 heterocycles. The number of imide groups is 2. The molecule has 4 aliphatic heterocycles. The smallest absolute Gasteiger partial charge is 0.409 e. The third kappa shape index (κ3) is 57.2. The molecular weight excluding hydrogens is 2440 g/mol. The normalized spacial score (nSPS) is 13.2. The van der Waals surface area contributed by atoms with E-state index >= 15 is 0 Å². The number of piperidine rings is 2. The maximum Gasteiger partial charge on any atom is 0.409 e. The third-order valence-corrected chi connectivity index (χ3v) is 111. The van der Waals surface area contributed by atoms with Gasteiger partial charge in [0.2, 0.25) is 23.6 Å². The Morgan fingerprint density at radius 3 is 1.13 bits per heavy atom. The van der Waals surface area contributed by atoms with Crippen molar-refractivity contribution in [2.75, 3.05) is 26.6 Å². The van der Waals surface area contributed by atoms with Crippen LogP contribution < -0.4 is 16.0 Å². The maximum absolute atomic E-state index is 12.7. The fraction of sp³-hybridized carbons (Fsp3) is 0.439. The molecule has 0 radical (unpaired) electrons. The Kier molecular flexibility index (Phi) is 77.6. The lowest BCUT2D eigenvalue weighted by atomic mass is 10.0. The summed E-state index contributed by atoms with van der Waals surface area (Å²) in [6.07, 6.45) is 6.63. The van der Waals surface area contributed by atoms with Crippen molar-refractivity contribution in [3.8, 4) is 24.2 Å². The van der Waals surface area contributed by atoms with Gasteiger partial charge in [0.05, 0.1) is 0 Å². The zero-order valence-corrected chi connectivity index (χ0v) is 96.4. The molecule has 0 aromatic heterocycles. The van der Waals surface area contributed by atoms with Crippen molar-refractivity contribution >= 4 is 520 Å². The number of fused-ring (bicyclic) bond motifs is 2. The molecule has 15 nitrogen and oxygen atoms in total. The minimum absolute atomic E-state index is 0.0686. The second-order valence-electron chi connectivity index (χ2n) is 17.3. The Hall–Kier alpha value is 5.67. The Labute approximate surface area is 786 Å². The predicted octanol–water partition coefficient (Wildman–Crippen LogP) is 3.43. The van der Waals surface area contributed by atoms with E-state index in [9.17, 15) is 33.6 Å². The van der Waals surface area contributed by atoms with Gasteiger partial charge < -0.3 is 24.0 Å². The molecule has 2 fully saturated rings. The van der Waals surface area contributed by atoms with Gasteiger partial charge in [0.15, 0.2) is 0 Å². The van der Waals surface area contributed by atoms with E-state index in [2.05, 4.69) is 49.6 Å².